The number of methoxy groups -OCH3 is 1. The lowest BCUT2D eigenvalue weighted by Crippen LogP contribution is -2.37. The van der Waals surface area contributed by atoms with Gasteiger partial charge in [-0.3, -0.25) is 14.4 Å². The molecule has 168 valence electrons. The van der Waals surface area contributed by atoms with Gasteiger partial charge in [-0.1, -0.05) is 17.7 Å². The van der Waals surface area contributed by atoms with Crippen molar-refractivity contribution in [3.63, 3.8) is 0 Å². The molecule has 1 aliphatic heterocycles. The Morgan fingerprint density at radius 1 is 1.15 bits per heavy atom. The number of amides is 2. The van der Waals surface area contributed by atoms with Gasteiger partial charge in [-0.25, -0.2) is 9.37 Å². The molecule has 2 heterocycles. The number of halogens is 2. The maximum absolute atomic E-state index is 13.4. The SMILES string of the molecule is COc1cc(CNC(=O)c2ccc3c(c2)C(=O)C(Cc2ccc(F)c(Cl)c2)C(=O)N3)ccn1. The lowest BCUT2D eigenvalue weighted by molar-refractivity contribution is -0.118. The fraction of sp³-hybridized carbons (Fsp3) is 0.167. The van der Waals surface area contributed by atoms with Crippen LogP contribution >= 0.6 is 11.6 Å². The largest absolute Gasteiger partial charge is 0.481 e. The molecule has 1 aromatic heterocycles. The summed E-state index contributed by atoms with van der Waals surface area (Å²) in [4.78, 5) is 42.3. The van der Waals surface area contributed by atoms with Gasteiger partial charge < -0.3 is 15.4 Å². The van der Waals surface area contributed by atoms with E-state index in [4.69, 9.17) is 16.3 Å². The molecule has 7 nitrogen and oxygen atoms in total. The lowest BCUT2D eigenvalue weighted by Gasteiger charge is -2.24. The Morgan fingerprint density at radius 3 is 2.73 bits per heavy atom. The van der Waals surface area contributed by atoms with Crippen LogP contribution in [0, 0.1) is 11.7 Å². The molecule has 0 spiro atoms. The van der Waals surface area contributed by atoms with E-state index in [0.717, 1.165) is 5.56 Å². The van der Waals surface area contributed by atoms with Crippen molar-refractivity contribution in [3.8, 4) is 5.88 Å². The van der Waals surface area contributed by atoms with Crippen molar-refractivity contribution in [2.24, 2.45) is 5.92 Å². The third kappa shape index (κ3) is 4.85. The maximum atomic E-state index is 13.4. The normalized spacial score (nSPS) is 14.9. The quantitative estimate of drug-likeness (QED) is 0.537. The predicted molar refractivity (Wildman–Crippen MR) is 120 cm³/mol. The number of ether oxygens (including phenoxy) is 1. The number of ketones is 1. The lowest BCUT2D eigenvalue weighted by atomic mass is 9.86. The number of aromatic nitrogens is 1. The van der Waals surface area contributed by atoms with Crippen LogP contribution in [-0.2, 0) is 17.8 Å². The highest BCUT2D eigenvalue weighted by atomic mass is 35.5. The van der Waals surface area contributed by atoms with Gasteiger partial charge >= 0.3 is 0 Å². The number of benzene rings is 2. The highest BCUT2D eigenvalue weighted by molar-refractivity contribution is 6.30. The molecule has 0 fully saturated rings. The third-order valence-electron chi connectivity index (χ3n) is 5.32. The van der Waals surface area contributed by atoms with Gasteiger partial charge in [0.1, 0.15) is 11.7 Å². The molecule has 1 aliphatic rings. The molecule has 0 bridgehead atoms. The number of Topliss-reactive ketones (excluding diaryl/α,β-unsaturated/α-hetero) is 1. The number of pyridine rings is 1. The van der Waals surface area contributed by atoms with Gasteiger partial charge in [-0.2, -0.15) is 0 Å². The zero-order valence-electron chi connectivity index (χ0n) is 17.5. The first-order valence-corrected chi connectivity index (χ1v) is 10.4. The molecule has 0 saturated carbocycles. The summed E-state index contributed by atoms with van der Waals surface area (Å²) in [5.74, 6) is -2.40. The summed E-state index contributed by atoms with van der Waals surface area (Å²) >= 11 is 5.82. The Kier molecular flexibility index (Phi) is 6.37. The van der Waals surface area contributed by atoms with E-state index in [1.165, 1.54) is 43.5 Å². The Bertz CT molecular complexity index is 1260. The van der Waals surface area contributed by atoms with Crippen molar-refractivity contribution in [3.05, 3.63) is 87.8 Å². The molecular formula is C24H19ClFN3O4. The fourth-order valence-corrected chi connectivity index (χ4v) is 3.77. The summed E-state index contributed by atoms with van der Waals surface area (Å²) in [6.45, 7) is 0.243. The second-order valence-electron chi connectivity index (χ2n) is 7.51. The van der Waals surface area contributed by atoms with Crippen LogP contribution in [0.1, 0.15) is 31.8 Å². The van der Waals surface area contributed by atoms with Crippen molar-refractivity contribution < 1.29 is 23.5 Å². The van der Waals surface area contributed by atoms with Gasteiger partial charge in [0.2, 0.25) is 11.8 Å². The highest BCUT2D eigenvalue weighted by Crippen LogP contribution is 2.29. The molecule has 1 atom stereocenters. The summed E-state index contributed by atoms with van der Waals surface area (Å²) in [6.07, 6.45) is 1.64. The smallest absolute Gasteiger partial charge is 0.251 e. The Labute approximate surface area is 193 Å². The van der Waals surface area contributed by atoms with Gasteiger partial charge in [-0.05, 0) is 53.9 Å². The molecule has 33 heavy (non-hydrogen) atoms. The molecule has 2 aromatic carbocycles. The van der Waals surface area contributed by atoms with Crippen molar-refractivity contribution in [2.75, 3.05) is 12.4 Å². The van der Waals surface area contributed by atoms with E-state index in [2.05, 4.69) is 15.6 Å². The van der Waals surface area contributed by atoms with Crippen LogP contribution in [0.2, 0.25) is 5.02 Å². The molecule has 2 N–H and O–H groups in total. The van der Waals surface area contributed by atoms with Crippen LogP contribution in [-0.4, -0.2) is 29.7 Å². The average molecular weight is 468 g/mol. The zero-order valence-corrected chi connectivity index (χ0v) is 18.3. The Morgan fingerprint density at radius 2 is 1.97 bits per heavy atom. The molecule has 1 unspecified atom stereocenters. The van der Waals surface area contributed by atoms with Crippen molar-refractivity contribution in [2.45, 2.75) is 13.0 Å². The van der Waals surface area contributed by atoms with Crippen molar-refractivity contribution in [1.29, 1.82) is 0 Å². The van der Waals surface area contributed by atoms with Gasteiger partial charge in [0.15, 0.2) is 5.78 Å². The number of nitrogens with zero attached hydrogens (tertiary/aromatic N) is 1. The first-order chi connectivity index (χ1) is 15.9. The molecule has 0 aliphatic carbocycles. The van der Waals surface area contributed by atoms with Crippen LogP contribution in [0.15, 0.2) is 54.7 Å². The first-order valence-electron chi connectivity index (χ1n) is 10.1. The summed E-state index contributed by atoms with van der Waals surface area (Å²) in [7, 11) is 1.51. The molecule has 4 rings (SSSR count). The summed E-state index contributed by atoms with van der Waals surface area (Å²) in [5.41, 5.74) is 2.22. The van der Waals surface area contributed by atoms with Crippen LogP contribution in [0.25, 0.3) is 0 Å². The number of carbonyl (C=O) groups excluding carboxylic acids is 3. The second kappa shape index (κ2) is 9.38. The number of nitrogens with one attached hydrogen (secondary N) is 2. The van der Waals surface area contributed by atoms with Crippen LogP contribution in [0.5, 0.6) is 5.88 Å². The predicted octanol–water partition coefficient (Wildman–Crippen LogP) is 3.81. The highest BCUT2D eigenvalue weighted by Gasteiger charge is 2.34. The number of anilines is 1. The minimum Gasteiger partial charge on any atom is -0.481 e. The van der Waals surface area contributed by atoms with E-state index < -0.39 is 23.4 Å². The van der Waals surface area contributed by atoms with Gasteiger partial charge in [-0.15, -0.1) is 0 Å². The van der Waals surface area contributed by atoms with Crippen LogP contribution in [0.3, 0.4) is 0 Å². The number of hydrogen-bond acceptors (Lipinski definition) is 5. The maximum Gasteiger partial charge on any atom is 0.251 e. The standard InChI is InChI=1S/C24H19ClFN3O4/c1-33-21-10-14(6-7-27-21)12-28-23(31)15-3-5-20-16(11-15)22(30)17(24(32)29-20)8-13-2-4-19(26)18(25)9-13/h2-7,9-11,17H,8,12H2,1H3,(H,28,31)(H,29,32). The van der Waals surface area contributed by atoms with Crippen molar-refractivity contribution >= 4 is 34.9 Å². The molecule has 3 aromatic rings. The van der Waals surface area contributed by atoms with Crippen LogP contribution in [0.4, 0.5) is 10.1 Å². The number of fused-ring (bicyclic) bond motifs is 1. The summed E-state index contributed by atoms with van der Waals surface area (Å²) < 4.78 is 18.5. The van der Waals surface area contributed by atoms with E-state index in [9.17, 15) is 18.8 Å². The van der Waals surface area contributed by atoms with Gasteiger partial charge in [0, 0.05) is 29.9 Å². The molecule has 2 amide bonds. The number of carbonyl (C=O) groups is 3. The molecule has 0 radical (unpaired) electrons. The Hall–Kier alpha value is -3.78. The molecule has 0 saturated heterocycles. The van der Waals surface area contributed by atoms with Crippen LogP contribution < -0.4 is 15.4 Å². The van der Waals surface area contributed by atoms with E-state index in [0.29, 0.717) is 17.1 Å². The van der Waals surface area contributed by atoms with E-state index in [1.807, 2.05) is 0 Å². The fourth-order valence-electron chi connectivity index (χ4n) is 3.57. The Balaban J connectivity index is 1.51. The van der Waals surface area contributed by atoms with E-state index in [1.54, 1.807) is 18.3 Å². The van der Waals surface area contributed by atoms with Gasteiger partial charge in [0.25, 0.3) is 5.91 Å². The van der Waals surface area contributed by atoms with E-state index in [-0.39, 0.29) is 35.0 Å². The molecular weight excluding hydrogens is 449 g/mol. The zero-order chi connectivity index (χ0) is 23.5. The van der Waals surface area contributed by atoms with Crippen molar-refractivity contribution in [1.82, 2.24) is 10.3 Å². The minimum atomic E-state index is -1.01. The third-order valence-corrected chi connectivity index (χ3v) is 5.61. The number of hydrogen-bond donors (Lipinski definition) is 2. The summed E-state index contributed by atoms with van der Waals surface area (Å²) in [5, 5.41) is 5.41. The topological polar surface area (TPSA) is 97.4 Å². The first kappa shape index (κ1) is 22.4. The average Bonchev–Trinajstić information content (AvgIpc) is 2.82. The summed E-state index contributed by atoms with van der Waals surface area (Å²) in [6, 6.07) is 12.1. The number of rotatable bonds is 6. The van der Waals surface area contributed by atoms with E-state index >= 15 is 0 Å². The monoisotopic (exact) mass is 467 g/mol. The molecule has 9 heteroatoms. The second-order valence-corrected chi connectivity index (χ2v) is 7.92. The minimum absolute atomic E-state index is 0.0599. The van der Waals surface area contributed by atoms with Gasteiger partial charge in [0.05, 0.1) is 17.8 Å².